The highest BCUT2D eigenvalue weighted by atomic mass is 32.1. The molecule has 36 heavy (non-hydrogen) atoms. The Kier molecular flexibility index (Phi) is 11.7. The molecular weight excluding hydrogens is 486 g/mol. The number of benzene rings is 1. The first-order chi connectivity index (χ1) is 17.4. The minimum atomic E-state index is -0.698. The number of urea groups is 1. The average molecular weight is 520 g/mol. The van der Waals surface area contributed by atoms with Gasteiger partial charge in [-0.05, 0) is 56.5 Å². The molecule has 1 aromatic carbocycles. The minimum Gasteiger partial charge on any atom is -0.493 e. The maximum Gasteiger partial charge on any atom is 0.348 e. The molecule has 0 radical (unpaired) electrons. The number of rotatable bonds is 13. The van der Waals surface area contributed by atoms with Crippen molar-refractivity contribution in [1.29, 1.82) is 0 Å². The van der Waals surface area contributed by atoms with Crippen LogP contribution in [0.25, 0.3) is 0 Å². The summed E-state index contributed by atoms with van der Waals surface area (Å²) in [5.41, 5.74) is 3.50. The second kappa shape index (κ2) is 14.7. The Morgan fingerprint density at radius 2 is 1.75 bits per heavy atom. The number of nitrogens with zero attached hydrogens (tertiary/aromatic N) is 1. The van der Waals surface area contributed by atoms with Crippen LogP contribution in [-0.4, -0.2) is 51.1 Å². The number of carbonyl (C=O) groups excluding carboxylic acids is 3. The van der Waals surface area contributed by atoms with Gasteiger partial charge in [0, 0.05) is 0 Å². The van der Waals surface area contributed by atoms with E-state index in [2.05, 4.69) is 22.8 Å². The predicted molar refractivity (Wildman–Crippen MR) is 139 cm³/mol. The van der Waals surface area contributed by atoms with Crippen molar-refractivity contribution in [3.8, 4) is 11.5 Å². The van der Waals surface area contributed by atoms with Crippen LogP contribution in [0, 0.1) is 6.92 Å². The summed E-state index contributed by atoms with van der Waals surface area (Å²) in [7, 11) is 1.55. The summed E-state index contributed by atoms with van der Waals surface area (Å²) < 4.78 is 21.3. The molecule has 0 spiro atoms. The molecule has 0 unspecified atom stereocenters. The second-order valence-electron chi connectivity index (χ2n) is 7.49. The van der Waals surface area contributed by atoms with Crippen LogP contribution >= 0.6 is 11.3 Å². The number of amides is 2. The van der Waals surface area contributed by atoms with Crippen LogP contribution in [0.2, 0.25) is 0 Å². The summed E-state index contributed by atoms with van der Waals surface area (Å²) in [5, 5.41) is 6.67. The van der Waals surface area contributed by atoms with Crippen LogP contribution in [0.1, 0.15) is 71.2 Å². The zero-order valence-corrected chi connectivity index (χ0v) is 22.1. The molecule has 2 rings (SSSR count). The van der Waals surface area contributed by atoms with E-state index in [1.807, 2.05) is 0 Å². The summed E-state index contributed by atoms with van der Waals surface area (Å²) >= 11 is 0.933. The molecule has 0 aliphatic carbocycles. The number of hydrogen-bond acceptors (Lipinski definition) is 9. The van der Waals surface area contributed by atoms with Crippen LogP contribution in [-0.2, 0) is 9.47 Å². The monoisotopic (exact) mass is 519 g/mol. The van der Waals surface area contributed by atoms with Gasteiger partial charge >= 0.3 is 18.0 Å². The van der Waals surface area contributed by atoms with E-state index in [-0.39, 0.29) is 28.7 Å². The standard InChI is InChI=1S/C25H33N3O7S/c1-6-9-10-13-35-18-12-11-17(14-19(18)32-5)15-26-28-25(31)27-22-20(23(29)33-7-2)16(4)21(36-22)24(30)34-8-3/h11-12,14-15H,6-10,13H2,1-5H3,(H2,27,28,31). The predicted octanol–water partition coefficient (Wildman–Crippen LogP) is 5.14. The molecule has 2 N–H and O–H groups in total. The fraction of sp³-hybridized carbons (Fsp3) is 0.440. The normalized spacial score (nSPS) is 10.7. The molecule has 10 nitrogen and oxygen atoms in total. The summed E-state index contributed by atoms with van der Waals surface area (Å²) in [6, 6.07) is 4.61. The fourth-order valence-corrected chi connectivity index (χ4v) is 4.24. The van der Waals surface area contributed by atoms with Crippen molar-refractivity contribution in [1.82, 2.24) is 5.43 Å². The summed E-state index contributed by atoms with van der Waals surface area (Å²) in [6.07, 6.45) is 4.61. The Morgan fingerprint density at radius 1 is 1.03 bits per heavy atom. The number of hydrogen-bond donors (Lipinski definition) is 2. The highest BCUT2D eigenvalue weighted by Crippen LogP contribution is 2.34. The van der Waals surface area contributed by atoms with Crippen LogP contribution in [0.15, 0.2) is 23.3 Å². The Balaban J connectivity index is 2.09. The van der Waals surface area contributed by atoms with Gasteiger partial charge in [-0.1, -0.05) is 19.8 Å². The lowest BCUT2D eigenvalue weighted by Gasteiger charge is -2.11. The SMILES string of the molecule is CCCCCOc1ccc(C=NNC(=O)Nc2sc(C(=O)OCC)c(C)c2C(=O)OCC)cc1OC. The van der Waals surface area contributed by atoms with Crippen LogP contribution in [0.3, 0.4) is 0 Å². The molecule has 0 saturated carbocycles. The second-order valence-corrected chi connectivity index (χ2v) is 8.51. The zero-order valence-electron chi connectivity index (χ0n) is 21.3. The molecule has 0 aliphatic rings. The van der Waals surface area contributed by atoms with Gasteiger partial charge in [-0.3, -0.25) is 5.32 Å². The van der Waals surface area contributed by atoms with E-state index < -0.39 is 18.0 Å². The lowest BCUT2D eigenvalue weighted by atomic mass is 10.1. The average Bonchev–Trinajstić information content (AvgIpc) is 3.18. The Bertz CT molecular complexity index is 1080. The van der Waals surface area contributed by atoms with Crippen molar-refractivity contribution in [3.05, 3.63) is 39.8 Å². The van der Waals surface area contributed by atoms with Gasteiger partial charge in [-0.2, -0.15) is 5.10 Å². The van der Waals surface area contributed by atoms with Gasteiger partial charge in [0.25, 0.3) is 0 Å². The van der Waals surface area contributed by atoms with Gasteiger partial charge < -0.3 is 18.9 Å². The van der Waals surface area contributed by atoms with Crippen LogP contribution < -0.4 is 20.2 Å². The van der Waals surface area contributed by atoms with Crippen molar-refractivity contribution in [3.63, 3.8) is 0 Å². The van der Waals surface area contributed by atoms with E-state index in [9.17, 15) is 14.4 Å². The first kappa shape index (κ1) is 28.6. The molecule has 2 aromatic rings. The van der Waals surface area contributed by atoms with E-state index in [1.165, 1.54) is 6.21 Å². The van der Waals surface area contributed by atoms with Gasteiger partial charge in [0.15, 0.2) is 11.5 Å². The number of anilines is 1. The van der Waals surface area contributed by atoms with E-state index in [0.717, 1.165) is 30.6 Å². The quantitative estimate of drug-likeness (QED) is 0.162. The number of thiophene rings is 1. The van der Waals surface area contributed by atoms with Gasteiger partial charge in [0.2, 0.25) is 0 Å². The highest BCUT2D eigenvalue weighted by Gasteiger charge is 2.27. The lowest BCUT2D eigenvalue weighted by Crippen LogP contribution is -2.24. The molecule has 11 heteroatoms. The van der Waals surface area contributed by atoms with E-state index >= 15 is 0 Å². The number of ether oxygens (including phenoxy) is 4. The topological polar surface area (TPSA) is 125 Å². The fourth-order valence-electron chi connectivity index (χ4n) is 3.16. The van der Waals surface area contributed by atoms with E-state index in [4.69, 9.17) is 18.9 Å². The summed E-state index contributed by atoms with van der Waals surface area (Å²) in [5.74, 6) is -0.0404. The van der Waals surface area contributed by atoms with Gasteiger partial charge in [0.05, 0.1) is 38.7 Å². The zero-order chi connectivity index (χ0) is 26.5. The largest absolute Gasteiger partial charge is 0.493 e. The number of carbonyl (C=O) groups is 3. The Hall–Kier alpha value is -3.60. The third-order valence-corrected chi connectivity index (χ3v) is 6.07. The first-order valence-corrected chi connectivity index (χ1v) is 12.6. The molecule has 0 aliphatic heterocycles. The van der Waals surface area contributed by atoms with Gasteiger partial charge in [0.1, 0.15) is 9.88 Å². The molecule has 0 fully saturated rings. The molecular formula is C25H33N3O7S. The van der Waals surface area contributed by atoms with Crippen molar-refractivity contribution in [2.75, 3.05) is 32.2 Å². The third kappa shape index (κ3) is 7.98. The van der Waals surface area contributed by atoms with Crippen molar-refractivity contribution < 1.29 is 33.3 Å². The molecule has 0 bridgehead atoms. The summed E-state index contributed by atoms with van der Waals surface area (Å²) in [4.78, 5) is 37.4. The Labute approximate surface area is 215 Å². The number of hydrazone groups is 1. The third-order valence-electron chi connectivity index (χ3n) is 4.89. The minimum absolute atomic E-state index is 0.100. The smallest absolute Gasteiger partial charge is 0.348 e. The highest BCUT2D eigenvalue weighted by molar-refractivity contribution is 7.18. The molecule has 196 valence electrons. The van der Waals surface area contributed by atoms with Gasteiger partial charge in [-0.25, -0.2) is 19.8 Å². The number of nitrogens with one attached hydrogen (secondary N) is 2. The lowest BCUT2D eigenvalue weighted by molar-refractivity contribution is 0.0527. The summed E-state index contributed by atoms with van der Waals surface area (Å²) in [6.45, 7) is 8.00. The van der Waals surface area contributed by atoms with Gasteiger partial charge in [-0.15, -0.1) is 11.3 Å². The maximum atomic E-state index is 12.5. The van der Waals surface area contributed by atoms with Crippen molar-refractivity contribution in [2.24, 2.45) is 5.10 Å². The van der Waals surface area contributed by atoms with Crippen LogP contribution in [0.4, 0.5) is 9.80 Å². The number of methoxy groups -OCH3 is 1. The molecule has 0 atom stereocenters. The first-order valence-electron chi connectivity index (χ1n) is 11.7. The molecule has 0 saturated heterocycles. The maximum absolute atomic E-state index is 12.5. The van der Waals surface area contributed by atoms with E-state index in [1.54, 1.807) is 46.1 Å². The molecule has 1 aromatic heterocycles. The molecule has 1 heterocycles. The van der Waals surface area contributed by atoms with E-state index in [0.29, 0.717) is 29.2 Å². The number of unbranched alkanes of at least 4 members (excludes halogenated alkanes) is 2. The van der Waals surface area contributed by atoms with Crippen LogP contribution in [0.5, 0.6) is 11.5 Å². The van der Waals surface area contributed by atoms with Crippen molar-refractivity contribution >= 4 is 40.5 Å². The Morgan fingerprint density at radius 3 is 2.42 bits per heavy atom. The van der Waals surface area contributed by atoms with Crippen molar-refractivity contribution in [2.45, 2.75) is 47.0 Å². The number of esters is 2. The molecule has 2 amide bonds.